The fraction of sp³-hybridized carbons (Fsp3) is 0.533. The zero-order chi connectivity index (χ0) is 32.9. The molecule has 1 heterocycles. The summed E-state index contributed by atoms with van der Waals surface area (Å²) < 4.78 is 5.02. The number of alkyl carbamates (subject to hydrolysis) is 1. The first-order chi connectivity index (χ1) is 20.0. The topological polar surface area (TPSA) is 205 Å². The third-order valence-electron chi connectivity index (χ3n) is 5.20. The van der Waals surface area contributed by atoms with Crippen LogP contribution in [0.5, 0.6) is 0 Å². The maximum Gasteiger partial charge on any atom is 0.407 e. The number of unbranched alkanes of at least 4 members (excludes halogenated alkanes) is 2. The van der Waals surface area contributed by atoms with E-state index in [4.69, 9.17) is 21.0 Å². The van der Waals surface area contributed by atoms with Gasteiger partial charge >= 0.3 is 6.09 Å². The predicted octanol–water partition coefficient (Wildman–Crippen LogP) is 2.57. The summed E-state index contributed by atoms with van der Waals surface area (Å²) in [6.07, 6.45) is 6.33. The second kappa shape index (κ2) is 28.6. The molecule has 1 aromatic rings. The van der Waals surface area contributed by atoms with E-state index in [-0.39, 0.29) is 24.3 Å². The highest BCUT2D eigenvalue weighted by atomic mass is 16.5. The predicted molar refractivity (Wildman–Crippen MR) is 164 cm³/mol. The van der Waals surface area contributed by atoms with Gasteiger partial charge < -0.3 is 36.8 Å². The first-order valence-corrected chi connectivity index (χ1v) is 13.8. The molecule has 42 heavy (non-hydrogen) atoms. The van der Waals surface area contributed by atoms with Gasteiger partial charge in [0.15, 0.2) is 0 Å². The van der Waals surface area contributed by atoms with E-state index in [0.29, 0.717) is 57.2 Å². The van der Waals surface area contributed by atoms with Gasteiger partial charge in [-0.15, -0.1) is 0 Å². The lowest BCUT2D eigenvalue weighted by atomic mass is 10.0. The number of carbonyl (C=O) groups excluding carboxylic acids is 6. The zero-order valence-corrected chi connectivity index (χ0v) is 25.8. The zero-order valence-electron chi connectivity index (χ0n) is 25.8. The molecule has 7 N–H and O–H groups in total. The van der Waals surface area contributed by atoms with Crippen LogP contribution in [0.15, 0.2) is 36.4 Å². The molecule has 1 aromatic carbocycles. The molecule has 4 amide bonds. The minimum absolute atomic E-state index is 0.255. The van der Waals surface area contributed by atoms with Gasteiger partial charge in [0.2, 0.25) is 5.91 Å². The van der Waals surface area contributed by atoms with Gasteiger partial charge in [0.05, 0.1) is 0 Å². The summed E-state index contributed by atoms with van der Waals surface area (Å²) >= 11 is 0. The van der Waals surface area contributed by atoms with Crippen LogP contribution < -0.4 is 22.5 Å². The average molecular weight is 594 g/mol. The average Bonchev–Trinajstić information content (AvgIpc) is 3.30. The molecule has 1 aliphatic rings. The molecule has 1 aliphatic heterocycles. The van der Waals surface area contributed by atoms with Crippen LogP contribution in [-0.4, -0.2) is 68.5 Å². The minimum Gasteiger partial charge on any atom is -0.445 e. The number of aldehydes is 1. The van der Waals surface area contributed by atoms with Crippen molar-refractivity contribution in [3.63, 3.8) is 0 Å². The first-order valence-electron chi connectivity index (χ1n) is 13.8. The second-order valence-electron chi connectivity index (χ2n) is 9.42. The van der Waals surface area contributed by atoms with Crippen molar-refractivity contribution in [2.75, 3.05) is 26.7 Å². The molecule has 0 fully saturated rings. The highest BCUT2D eigenvalue weighted by Crippen LogP contribution is 2.15. The number of benzene rings is 1. The minimum atomic E-state index is -0.427. The van der Waals surface area contributed by atoms with Crippen molar-refractivity contribution < 1.29 is 33.5 Å². The standard InChI is InChI=1S/C13H20N2O2.C10H14N2O3.C5H10O.CH5N.CH2O/c1-10(2)12-5-3-11(4-6-12)9-17-13(16)15-8-7-14;11-8(13)4-2-1-3-7-12-9(14)5-6-10(12)15;1-5(2)3-4-6;2*1-2/h3-6,10H,7-9,14H2,1-2H3,(H,15,16);5-6H,1-4,7H2,(H2,11,13);4-5H,3H2,1-2H3;2H2,1H3;1H2. The Labute approximate surface area is 250 Å². The van der Waals surface area contributed by atoms with E-state index >= 15 is 0 Å². The monoisotopic (exact) mass is 593 g/mol. The molecular formula is C30H51N5O7. The van der Waals surface area contributed by atoms with Crippen LogP contribution in [-0.2, 0) is 35.3 Å². The SMILES string of the molecule is C=O.CC(C)CC=O.CC(C)c1ccc(COC(=O)NCCN)cc1.CN.NC(=O)CCCCCN1C(=O)C=CC1=O. The molecule has 0 spiro atoms. The molecule has 0 unspecified atom stereocenters. The Hall–Kier alpha value is -3.90. The molecular weight excluding hydrogens is 542 g/mol. The van der Waals surface area contributed by atoms with Crippen molar-refractivity contribution in [1.29, 1.82) is 0 Å². The lowest BCUT2D eigenvalue weighted by Crippen LogP contribution is -2.30. The van der Waals surface area contributed by atoms with Gasteiger partial charge in [-0.25, -0.2) is 4.79 Å². The van der Waals surface area contributed by atoms with Gasteiger partial charge in [0, 0.05) is 44.6 Å². The number of rotatable bonds is 13. The molecule has 0 saturated carbocycles. The quantitative estimate of drug-likeness (QED) is 0.150. The molecule has 0 bridgehead atoms. The Kier molecular flexibility index (Phi) is 29.0. The molecule has 2 rings (SSSR count). The van der Waals surface area contributed by atoms with Crippen molar-refractivity contribution in [2.24, 2.45) is 23.1 Å². The number of carbonyl (C=O) groups is 6. The van der Waals surface area contributed by atoms with Crippen LogP contribution in [0.3, 0.4) is 0 Å². The van der Waals surface area contributed by atoms with E-state index in [1.54, 1.807) is 0 Å². The number of ether oxygens (including phenoxy) is 1. The summed E-state index contributed by atoms with van der Waals surface area (Å²) in [5, 5.41) is 2.55. The van der Waals surface area contributed by atoms with Crippen LogP contribution in [0.1, 0.15) is 76.8 Å². The Morgan fingerprint density at radius 1 is 0.976 bits per heavy atom. The number of hydrogen-bond acceptors (Lipinski definition) is 9. The molecule has 0 saturated heterocycles. The van der Waals surface area contributed by atoms with Crippen LogP contribution in [0.25, 0.3) is 0 Å². The summed E-state index contributed by atoms with van der Waals surface area (Å²) in [5.41, 5.74) is 17.0. The van der Waals surface area contributed by atoms with E-state index in [2.05, 4.69) is 37.0 Å². The Balaban J connectivity index is -0.000000556. The van der Waals surface area contributed by atoms with E-state index in [1.165, 1.54) is 29.7 Å². The fourth-order valence-electron chi connectivity index (χ4n) is 2.96. The summed E-state index contributed by atoms with van der Waals surface area (Å²) in [5.74, 6) is 0.218. The highest BCUT2D eigenvalue weighted by Gasteiger charge is 2.22. The third-order valence-corrected chi connectivity index (χ3v) is 5.20. The molecule has 0 aromatic heterocycles. The Bertz CT molecular complexity index is 901. The summed E-state index contributed by atoms with van der Waals surface area (Å²) in [6.45, 7) is 11.9. The lowest BCUT2D eigenvalue weighted by molar-refractivity contribution is -0.137. The molecule has 12 nitrogen and oxygen atoms in total. The summed E-state index contributed by atoms with van der Waals surface area (Å²) in [4.78, 5) is 62.6. The van der Waals surface area contributed by atoms with Crippen molar-refractivity contribution in [1.82, 2.24) is 10.2 Å². The van der Waals surface area contributed by atoms with Crippen molar-refractivity contribution >= 4 is 36.9 Å². The van der Waals surface area contributed by atoms with Crippen molar-refractivity contribution in [3.8, 4) is 0 Å². The summed E-state index contributed by atoms with van der Waals surface area (Å²) in [7, 11) is 1.50. The van der Waals surface area contributed by atoms with Crippen LogP contribution in [0.2, 0.25) is 0 Å². The molecule has 12 heteroatoms. The number of nitrogens with zero attached hydrogens (tertiary/aromatic N) is 1. The Morgan fingerprint density at radius 3 is 1.93 bits per heavy atom. The third kappa shape index (κ3) is 23.9. The van der Waals surface area contributed by atoms with Gasteiger partial charge in [-0.3, -0.25) is 19.3 Å². The molecule has 238 valence electrons. The number of hydrogen-bond donors (Lipinski definition) is 4. The Morgan fingerprint density at radius 2 is 1.52 bits per heavy atom. The lowest BCUT2D eigenvalue weighted by Gasteiger charge is -2.12. The fourth-order valence-corrected chi connectivity index (χ4v) is 2.96. The molecule has 0 aliphatic carbocycles. The van der Waals surface area contributed by atoms with Crippen LogP contribution in [0, 0.1) is 5.92 Å². The van der Waals surface area contributed by atoms with E-state index in [9.17, 15) is 24.0 Å². The van der Waals surface area contributed by atoms with Crippen LogP contribution >= 0.6 is 0 Å². The number of primary amides is 1. The first kappa shape index (κ1) is 42.6. The van der Waals surface area contributed by atoms with Gasteiger partial charge in [-0.05, 0) is 42.9 Å². The largest absolute Gasteiger partial charge is 0.445 e. The summed E-state index contributed by atoms with van der Waals surface area (Å²) in [6, 6.07) is 8.07. The van der Waals surface area contributed by atoms with Gasteiger partial charge in [-0.1, -0.05) is 58.4 Å². The van der Waals surface area contributed by atoms with Gasteiger partial charge in [0.1, 0.15) is 19.7 Å². The van der Waals surface area contributed by atoms with E-state index in [1.807, 2.05) is 32.8 Å². The van der Waals surface area contributed by atoms with Gasteiger partial charge in [0.25, 0.3) is 11.8 Å². The highest BCUT2D eigenvalue weighted by molar-refractivity contribution is 6.12. The second-order valence-corrected chi connectivity index (χ2v) is 9.42. The number of nitrogens with two attached hydrogens (primary N) is 3. The van der Waals surface area contributed by atoms with Crippen molar-refractivity contribution in [3.05, 3.63) is 47.5 Å². The number of nitrogens with one attached hydrogen (secondary N) is 1. The maximum absolute atomic E-state index is 11.2. The maximum atomic E-state index is 11.2. The normalized spacial score (nSPS) is 11.1. The van der Waals surface area contributed by atoms with E-state index < -0.39 is 6.09 Å². The van der Waals surface area contributed by atoms with Gasteiger partial charge in [-0.2, -0.15) is 0 Å². The van der Waals surface area contributed by atoms with E-state index in [0.717, 1.165) is 18.3 Å². The number of imide groups is 1. The molecule has 0 radical (unpaired) electrons. The van der Waals surface area contributed by atoms with Crippen molar-refractivity contribution in [2.45, 2.75) is 72.3 Å². The molecule has 0 atom stereocenters. The smallest absolute Gasteiger partial charge is 0.407 e. The number of amides is 4. The van der Waals surface area contributed by atoms with Crippen LogP contribution in [0.4, 0.5) is 4.79 Å².